The van der Waals surface area contributed by atoms with Gasteiger partial charge in [0.25, 0.3) is 0 Å². The first-order valence-electron chi connectivity index (χ1n) is 10.0. The van der Waals surface area contributed by atoms with Crippen molar-refractivity contribution in [2.45, 2.75) is 63.8 Å². The van der Waals surface area contributed by atoms with Gasteiger partial charge in [-0.2, -0.15) is 0 Å². The summed E-state index contributed by atoms with van der Waals surface area (Å²) in [5.74, 6) is 0.258. The molecular weight excluding hydrogens is 326 g/mol. The second kappa shape index (κ2) is 8.98. The highest BCUT2D eigenvalue weighted by molar-refractivity contribution is 5.76. The van der Waals surface area contributed by atoms with E-state index in [1.54, 1.807) is 0 Å². The molecule has 1 aromatic carbocycles. The molecule has 2 aliphatic rings. The molecule has 5 heteroatoms. The molecule has 144 valence electrons. The zero-order valence-corrected chi connectivity index (χ0v) is 16.1. The van der Waals surface area contributed by atoms with Crippen molar-refractivity contribution >= 4 is 5.91 Å². The summed E-state index contributed by atoms with van der Waals surface area (Å²) in [6.07, 6.45) is 3.99. The summed E-state index contributed by atoms with van der Waals surface area (Å²) < 4.78 is 5.83. The lowest BCUT2D eigenvalue weighted by Gasteiger charge is -2.38. The number of rotatable bonds is 6. The Morgan fingerprint density at radius 1 is 1.23 bits per heavy atom. The van der Waals surface area contributed by atoms with E-state index in [9.17, 15) is 4.79 Å². The fraction of sp³-hybridized carbons (Fsp3) is 0.667. The molecule has 1 amide bonds. The summed E-state index contributed by atoms with van der Waals surface area (Å²) in [5, 5.41) is 0. The van der Waals surface area contributed by atoms with Gasteiger partial charge in [-0.25, -0.2) is 0 Å². The highest BCUT2D eigenvalue weighted by Gasteiger charge is 2.32. The van der Waals surface area contributed by atoms with E-state index in [-0.39, 0.29) is 24.2 Å². The number of carbonyl (C=O) groups is 1. The predicted octanol–water partition coefficient (Wildman–Crippen LogP) is 2.57. The Morgan fingerprint density at radius 3 is 2.62 bits per heavy atom. The van der Waals surface area contributed by atoms with Crippen molar-refractivity contribution in [1.29, 1.82) is 0 Å². The Kier molecular flexibility index (Phi) is 6.68. The molecule has 0 bridgehead atoms. The van der Waals surface area contributed by atoms with Gasteiger partial charge in [0.05, 0.1) is 12.2 Å². The van der Waals surface area contributed by atoms with Crippen LogP contribution in [0.4, 0.5) is 0 Å². The van der Waals surface area contributed by atoms with Crippen LogP contribution in [-0.2, 0) is 9.53 Å². The molecule has 2 heterocycles. The number of nitrogens with two attached hydrogens (primary N) is 1. The Morgan fingerprint density at radius 2 is 1.92 bits per heavy atom. The highest BCUT2D eigenvalue weighted by atomic mass is 16.5. The maximum Gasteiger partial charge on any atom is 0.222 e. The number of nitrogens with zero attached hydrogens (tertiary/aromatic N) is 2. The fourth-order valence-corrected chi connectivity index (χ4v) is 4.37. The lowest BCUT2D eigenvalue weighted by atomic mass is 10.0. The van der Waals surface area contributed by atoms with Gasteiger partial charge in [-0.1, -0.05) is 30.3 Å². The largest absolute Gasteiger partial charge is 0.373 e. The maximum absolute atomic E-state index is 12.8. The molecule has 3 rings (SSSR count). The molecule has 2 fully saturated rings. The van der Waals surface area contributed by atoms with Crippen LogP contribution in [-0.4, -0.2) is 60.1 Å². The average Bonchev–Trinajstić information content (AvgIpc) is 3.07. The van der Waals surface area contributed by atoms with Crippen LogP contribution in [0.1, 0.15) is 51.1 Å². The zero-order valence-electron chi connectivity index (χ0n) is 16.1. The van der Waals surface area contributed by atoms with E-state index < -0.39 is 0 Å². The molecule has 0 spiro atoms. The lowest BCUT2D eigenvalue weighted by molar-refractivity contribution is -0.133. The van der Waals surface area contributed by atoms with Crippen molar-refractivity contribution in [3.05, 3.63) is 35.9 Å². The molecule has 0 aliphatic carbocycles. The smallest absolute Gasteiger partial charge is 0.222 e. The predicted molar refractivity (Wildman–Crippen MR) is 104 cm³/mol. The minimum atomic E-state index is -0.0675. The van der Waals surface area contributed by atoms with Gasteiger partial charge in [-0.15, -0.1) is 0 Å². The summed E-state index contributed by atoms with van der Waals surface area (Å²) in [7, 11) is 0. The van der Waals surface area contributed by atoms with Crippen LogP contribution in [0.3, 0.4) is 0 Å². The van der Waals surface area contributed by atoms with Gasteiger partial charge in [-0.3, -0.25) is 9.69 Å². The van der Waals surface area contributed by atoms with E-state index in [1.807, 2.05) is 30.3 Å². The molecule has 2 saturated heterocycles. The highest BCUT2D eigenvalue weighted by Crippen LogP contribution is 2.23. The Balaban J connectivity index is 1.50. The Hall–Kier alpha value is -1.43. The zero-order chi connectivity index (χ0) is 18.5. The Bertz CT molecular complexity index is 570. The summed E-state index contributed by atoms with van der Waals surface area (Å²) in [5.41, 5.74) is 7.37. The summed E-state index contributed by atoms with van der Waals surface area (Å²) in [6, 6.07) is 10.3. The topological polar surface area (TPSA) is 58.8 Å². The molecule has 4 atom stereocenters. The van der Waals surface area contributed by atoms with Crippen LogP contribution in [0, 0.1) is 0 Å². The minimum Gasteiger partial charge on any atom is -0.373 e. The van der Waals surface area contributed by atoms with Crippen molar-refractivity contribution < 1.29 is 9.53 Å². The number of morpholine rings is 1. The molecule has 0 aromatic heterocycles. The van der Waals surface area contributed by atoms with E-state index in [4.69, 9.17) is 10.5 Å². The van der Waals surface area contributed by atoms with Crippen LogP contribution < -0.4 is 5.73 Å². The molecule has 2 aliphatic heterocycles. The number of amides is 1. The third-order valence-electron chi connectivity index (χ3n) is 5.56. The number of hydrogen-bond acceptors (Lipinski definition) is 4. The normalized spacial score (nSPS) is 28.3. The molecule has 0 radical (unpaired) electrons. The van der Waals surface area contributed by atoms with Gasteiger partial charge in [0.2, 0.25) is 5.91 Å². The number of benzene rings is 1. The van der Waals surface area contributed by atoms with Crippen molar-refractivity contribution in [3.8, 4) is 0 Å². The van der Waals surface area contributed by atoms with E-state index in [0.717, 1.165) is 44.6 Å². The molecule has 5 nitrogen and oxygen atoms in total. The standard InChI is InChI=1S/C21H33N3O2/c1-16-13-23(14-17(2)26-16)15-19-9-6-12-24(19)21(25)11-10-20(22)18-7-4-3-5-8-18/h3-5,7-8,16-17,19-20H,6,9-15,22H2,1-2H3/t16-,17+,19-,20+/m0/s1. The van der Waals surface area contributed by atoms with E-state index in [1.165, 1.54) is 0 Å². The van der Waals surface area contributed by atoms with Crippen molar-refractivity contribution in [3.63, 3.8) is 0 Å². The maximum atomic E-state index is 12.8. The van der Waals surface area contributed by atoms with Gasteiger partial charge in [0.1, 0.15) is 0 Å². The molecule has 2 N–H and O–H groups in total. The van der Waals surface area contributed by atoms with Gasteiger partial charge >= 0.3 is 0 Å². The summed E-state index contributed by atoms with van der Waals surface area (Å²) in [6.45, 7) is 8.04. The third-order valence-corrected chi connectivity index (χ3v) is 5.56. The molecule has 26 heavy (non-hydrogen) atoms. The van der Waals surface area contributed by atoms with Crippen LogP contribution in [0.5, 0.6) is 0 Å². The number of hydrogen-bond donors (Lipinski definition) is 1. The van der Waals surface area contributed by atoms with Crippen molar-refractivity contribution in [2.24, 2.45) is 5.73 Å². The quantitative estimate of drug-likeness (QED) is 0.848. The third kappa shape index (κ3) is 5.06. The first kappa shape index (κ1) is 19.3. The van der Waals surface area contributed by atoms with Gasteiger partial charge in [-0.05, 0) is 38.7 Å². The molecule has 1 aromatic rings. The van der Waals surface area contributed by atoms with Crippen LogP contribution in [0.15, 0.2) is 30.3 Å². The number of ether oxygens (including phenoxy) is 1. The van der Waals surface area contributed by atoms with Crippen molar-refractivity contribution in [1.82, 2.24) is 9.80 Å². The molecular formula is C21H33N3O2. The van der Waals surface area contributed by atoms with E-state index >= 15 is 0 Å². The molecule has 0 saturated carbocycles. The minimum absolute atomic E-state index is 0.0675. The molecule has 0 unspecified atom stereocenters. The Labute approximate surface area is 157 Å². The average molecular weight is 360 g/mol. The summed E-state index contributed by atoms with van der Waals surface area (Å²) in [4.78, 5) is 17.4. The van der Waals surface area contributed by atoms with Gasteiger partial charge < -0.3 is 15.4 Å². The fourth-order valence-electron chi connectivity index (χ4n) is 4.37. The lowest BCUT2D eigenvalue weighted by Crippen LogP contribution is -2.50. The number of carbonyl (C=O) groups excluding carboxylic acids is 1. The van der Waals surface area contributed by atoms with Crippen LogP contribution in [0.25, 0.3) is 0 Å². The monoisotopic (exact) mass is 359 g/mol. The van der Waals surface area contributed by atoms with Gasteiger partial charge in [0.15, 0.2) is 0 Å². The van der Waals surface area contributed by atoms with Crippen molar-refractivity contribution in [2.75, 3.05) is 26.2 Å². The van der Waals surface area contributed by atoms with E-state index in [0.29, 0.717) is 18.9 Å². The van der Waals surface area contributed by atoms with Crippen LogP contribution >= 0.6 is 0 Å². The van der Waals surface area contributed by atoms with Gasteiger partial charge in [0, 0.05) is 44.7 Å². The SMILES string of the molecule is C[C@@H]1CN(C[C@@H]2CCCN2C(=O)CC[C@@H](N)c2ccccc2)C[C@H](C)O1. The van der Waals surface area contributed by atoms with E-state index in [2.05, 4.69) is 23.6 Å². The second-order valence-electron chi connectivity index (χ2n) is 7.91. The van der Waals surface area contributed by atoms with Crippen LogP contribution in [0.2, 0.25) is 0 Å². The summed E-state index contributed by atoms with van der Waals surface area (Å²) >= 11 is 0. The second-order valence-corrected chi connectivity index (χ2v) is 7.91. The first-order valence-corrected chi connectivity index (χ1v) is 10.0. The number of likely N-dealkylation sites (tertiary alicyclic amines) is 1. The first-order chi connectivity index (χ1) is 12.5.